The van der Waals surface area contributed by atoms with Crippen LogP contribution in [0.3, 0.4) is 0 Å². The van der Waals surface area contributed by atoms with Gasteiger partial charge in [-0.3, -0.25) is 0 Å². The molecule has 0 amide bonds. The van der Waals surface area contributed by atoms with E-state index >= 15 is 0 Å². The van der Waals surface area contributed by atoms with Gasteiger partial charge in [0.2, 0.25) is 0 Å². The Balaban J connectivity index is 2.27. The molecule has 0 heteroatoms. The van der Waals surface area contributed by atoms with Crippen molar-refractivity contribution in [1.82, 2.24) is 0 Å². The van der Waals surface area contributed by atoms with E-state index in [1.54, 1.807) is 5.57 Å². The Kier molecular flexibility index (Phi) is 3.48. The first kappa shape index (κ1) is 11.4. The van der Waals surface area contributed by atoms with Gasteiger partial charge in [-0.15, -0.1) is 0 Å². The molecular weight excluding hydrogens is 192 g/mol. The van der Waals surface area contributed by atoms with Crippen molar-refractivity contribution in [2.45, 2.75) is 46.0 Å². The molecule has 0 aromatic heterocycles. The van der Waals surface area contributed by atoms with Crippen LogP contribution >= 0.6 is 0 Å². The largest absolute Gasteiger partial charge is 0.0955 e. The summed E-state index contributed by atoms with van der Waals surface area (Å²) in [6, 6.07) is 0. The zero-order valence-corrected chi connectivity index (χ0v) is 10.6. The minimum Gasteiger partial charge on any atom is -0.0955 e. The smallest absolute Gasteiger partial charge is 0.00262 e. The summed E-state index contributed by atoms with van der Waals surface area (Å²) in [6.07, 6.45) is 13.0. The molecule has 2 aliphatic rings. The van der Waals surface area contributed by atoms with Crippen molar-refractivity contribution < 1.29 is 0 Å². The molecule has 0 radical (unpaired) electrons. The fourth-order valence-electron chi connectivity index (χ4n) is 2.72. The first-order valence-corrected chi connectivity index (χ1v) is 6.44. The van der Waals surface area contributed by atoms with Crippen molar-refractivity contribution in [3.8, 4) is 0 Å². The van der Waals surface area contributed by atoms with Crippen LogP contribution in [0.4, 0.5) is 0 Å². The second-order valence-corrected chi connectivity index (χ2v) is 5.18. The fraction of sp³-hybridized carbons (Fsp3) is 0.500. The highest BCUT2D eigenvalue weighted by Gasteiger charge is 2.18. The van der Waals surface area contributed by atoms with Crippen LogP contribution in [0, 0.1) is 5.92 Å². The van der Waals surface area contributed by atoms with Crippen LogP contribution in [-0.2, 0) is 0 Å². The molecule has 0 aromatic rings. The van der Waals surface area contributed by atoms with E-state index in [4.69, 9.17) is 0 Å². The zero-order chi connectivity index (χ0) is 11.5. The molecule has 0 aromatic carbocycles. The summed E-state index contributed by atoms with van der Waals surface area (Å²) in [5, 5.41) is 0. The van der Waals surface area contributed by atoms with Gasteiger partial charge >= 0.3 is 0 Å². The van der Waals surface area contributed by atoms with E-state index in [1.807, 2.05) is 0 Å². The Morgan fingerprint density at radius 1 is 1.38 bits per heavy atom. The van der Waals surface area contributed by atoms with Crippen molar-refractivity contribution in [2.75, 3.05) is 0 Å². The fourth-order valence-corrected chi connectivity index (χ4v) is 2.72. The minimum atomic E-state index is 0.824. The van der Waals surface area contributed by atoms with E-state index in [1.165, 1.54) is 42.4 Å². The molecule has 1 fully saturated rings. The number of allylic oxidation sites excluding steroid dienone is 7. The van der Waals surface area contributed by atoms with Gasteiger partial charge in [0.25, 0.3) is 0 Å². The summed E-state index contributed by atoms with van der Waals surface area (Å²) in [7, 11) is 0. The van der Waals surface area contributed by atoms with E-state index in [9.17, 15) is 0 Å². The summed E-state index contributed by atoms with van der Waals surface area (Å²) in [6.45, 7) is 8.77. The molecule has 1 unspecified atom stereocenters. The van der Waals surface area contributed by atoms with E-state index in [2.05, 4.69) is 38.7 Å². The summed E-state index contributed by atoms with van der Waals surface area (Å²) < 4.78 is 0. The van der Waals surface area contributed by atoms with Crippen molar-refractivity contribution >= 4 is 0 Å². The Bertz CT molecular complexity index is 377. The third-order valence-electron chi connectivity index (χ3n) is 3.81. The lowest BCUT2D eigenvalue weighted by Crippen LogP contribution is -1.96. The van der Waals surface area contributed by atoms with Crippen LogP contribution < -0.4 is 0 Å². The maximum absolute atomic E-state index is 4.27. The topological polar surface area (TPSA) is 0 Å². The normalized spacial score (nSPS) is 33.5. The molecule has 0 spiro atoms. The lowest BCUT2D eigenvalue weighted by atomic mass is 9.92. The van der Waals surface area contributed by atoms with E-state index in [0.717, 1.165) is 12.3 Å². The van der Waals surface area contributed by atoms with Gasteiger partial charge in [0.1, 0.15) is 0 Å². The van der Waals surface area contributed by atoms with Gasteiger partial charge in [-0.1, -0.05) is 43.7 Å². The van der Waals surface area contributed by atoms with Crippen LogP contribution in [0.1, 0.15) is 46.0 Å². The zero-order valence-electron chi connectivity index (χ0n) is 10.6. The number of hydrogen-bond acceptors (Lipinski definition) is 0. The van der Waals surface area contributed by atoms with Crippen LogP contribution in [-0.4, -0.2) is 0 Å². The molecule has 86 valence electrons. The van der Waals surface area contributed by atoms with Crippen LogP contribution in [0.2, 0.25) is 0 Å². The van der Waals surface area contributed by atoms with E-state index < -0.39 is 0 Å². The molecule has 0 aliphatic heterocycles. The van der Waals surface area contributed by atoms with Crippen LogP contribution in [0.15, 0.2) is 47.1 Å². The Hall–Kier alpha value is -1.04. The molecule has 0 saturated heterocycles. The number of hydrogen-bond donors (Lipinski definition) is 0. The first-order valence-electron chi connectivity index (χ1n) is 6.44. The Morgan fingerprint density at radius 3 is 2.88 bits per heavy atom. The van der Waals surface area contributed by atoms with Crippen LogP contribution in [0.25, 0.3) is 0 Å². The van der Waals surface area contributed by atoms with Gasteiger partial charge in [-0.25, -0.2) is 0 Å². The van der Waals surface area contributed by atoms with Crippen molar-refractivity contribution in [3.05, 3.63) is 47.1 Å². The molecule has 1 atom stereocenters. The quantitative estimate of drug-likeness (QED) is 0.500. The summed E-state index contributed by atoms with van der Waals surface area (Å²) in [4.78, 5) is 0. The highest BCUT2D eigenvalue weighted by Crippen LogP contribution is 2.36. The Labute approximate surface area is 99.4 Å². The lowest BCUT2D eigenvalue weighted by Gasteiger charge is -2.13. The second kappa shape index (κ2) is 4.86. The molecule has 2 rings (SSSR count). The standard InChI is InChI=1S/C16H22/c1-4-14-8-9-15(11-14)16-10-12(2)6-5-7-13(16)3/h4,8-9,12H,3,5-7,10-11H2,1-2H3/b14-4+,16-15+. The average Bonchev–Trinajstić information content (AvgIpc) is 2.67. The van der Waals surface area contributed by atoms with Gasteiger partial charge in [0.05, 0.1) is 0 Å². The third-order valence-corrected chi connectivity index (χ3v) is 3.81. The maximum Gasteiger partial charge on any atom is -0.00262 e. The van der Waals surface area contributed by atoms with Gasteiger partial charge in [0.15, 0.2) is 0 Å². The molecule has 16 heavy (non-hydrogen) atoms. The highest BCUT2D eigenvalue weighted by atomic mass is 14.2. The van der Waals surface area contributed by atoms with E-state index in [-0.39, 0.29) is 0 Å². The Morgan fingerprint density at radius 2 is 2.19 bits per heavy atom. The van der Waals surface area contributed by atoms with Gasteiger partial charge in [0, 0.05) is 0 Å². The predicted octanol–water partition coefficient (Wildman–Crippen LogP) is 4.96. The maximum atomic E-state index is 4.27. The average molecular weight is 214 g/mol. The molecule has 0 N–H and O–H groups in total. The van der Waals surface area contributed by atoms with Crippen LogP contribution in [0.5, 0.6) is 0 Å². The molecular formula is C16H22. The van der Waals surface area contributed by atoms with Crippen molar-refractivity contribution in [3.63, 3.8) is 0 Å². The van der Waals surface area contributed by atoms with Gasteiger partial charge < -0.3 is 0 Å². The third kappa shape index (κ3) is 2.37. The monoisotopic (exact) mass is 214 g/mol. The van der Waals surface area contributed by atoms with Crippen molar-refractivity contribution in [2.24, 2.45) is 5.92 Å². The molecule has 0 nitrogen and oxygen atoms in total. The minimum absolute atomic E-state index is 0.824. The SMILES string of the molecule is C=C1CCCC(C)C/C1=C1C=C/C(=C\C)C/1. The summed E-state index contributed by atoms with van der Waals surface area (Å²) in [5.74, 6) is 0.824. The first-order chi connectivity index (χ1) is 7.70. The predicted molar refractivity (Wildman–Crippen MR) is 71.3 cm³/mol. The molecule has 0 bridgehead atoms. The highest BCUT2D eigenvalue weighted by molar-refractivity contribution is 5.48. The summed E-state index contributed by atoms with van der Waals surface area (Å²) >= 11 is 0. The number of rotatable bonds is 0. The molecule has 0 heterocycles. The van der Waals surface area contributed by atoms with Gasteiger partial charge in [-0.2, -0.15) is 0 Å². The molecule has 1 saturated carbocycles. The van der Waals surface area contributed by atoms with Gasteiger partial charge in [-0.05, 0) is 55.2 Å². The lowest BCUT2D eigenvalue weighted by molar-refractivity contribution is 0.530. The van der Waals surface area contributed by atoms with E-state index in [0.29, 0.717) is 0 Å². The summed E-state index contributed by atoms with van der Waals surface area (Å²) in [5.41, 5.74) is 5.92. The van der Waals surface area contributed by atoms with Crippen molar-refractivity contribution in [1.29, 1.82) is 0 Å². The second-order valence-electron chi connectivity index (χ2n) is 5.18. The molecule has 2 aliphatic carbocycles.